The zero-order chi connectivity index (χ0) is 45.8. The number of carboxylic acid groups (broad SMARTS) is 8. The molecule has 20 heteroatoms. The second kappa shape index (κ2) is 18.4. The van der Waals surface area contributed by atoms with Gasteiger partial charge in [0.05, 0.1) is 25.7 Å². The zero-order valence-electron chi connectivity index (χ0n) is 33.9. The second-order valence-corrected chi connectivity index (χ2v) is 16.4. The predicted molar refractivity (Wildman–Crippen MR) is 216 cm³/mol. The molecule has 0 amide bonds. The third-order valence-corrected chi connectivity index (χ3v) is 12.2. The van der Waals surface area contributed by atoms with Gasteiger partial charge in [0.15, 0.2) is 0 Å². The number of carboxylic acids is 8. The first-order valence-electron chi connectivity index (χ1n) is 19.8. The number of aromatic nitrogens is 2. The summed E-state index contributed by atoms with van der Waals surface area (Å²) in [5, 5.41) is 79.8. The Hall–Kier alpha value is -6.86. The number of nitrogens with one attached hydrogen (secondary N) is 2. The molecule has 0 fully saturated rings. The molecule has 0 aromatic carbocycles. The molecule has 0 saturated carbocycles. The summed E-state index contributed by atoms with van der Waals surface area (Å²) in [6, 6.07) is 0. The standard InChI is InChI=1S/C42H48N4O16/c1-41(17-39(59)60)23(5-9-35(51)52)29-14-27-21(11-37(55)56)19(3-7-33(47)48)25(43-27)13-26-20(4-8-34(49)50)22(12-38(57)58)28(44-26)15-31-42(2,18-40(61)62)24(6-10-36(53)54)30(46-31)16-32(41)45-29/h14-15,23-24,43-44H,3-13,16-18H2,1-2H3,(H,47,48)(H,49,50)(H,51,52)(H,53,54)(H,55,56)(H,57,58)(H,59,60)(H,61,62)/t23-,24-,41+,42+/m1/s1. The van der Waals surface area contributed by atoms with Gasteiger partial charge in [-0.2, -0.15) is 0 Å². The maximum absolute atomic E-state index is 12.6. The van der Waals surface area contributed by atoms with Crippen LogP contribution in [-0.4, -0.2) is 110 Å². The topological polar surface area (TPSA) is 355 Å². The van der Waals surface area contributed by atoms with Crippen molar-refractivity contribution in [3.8, 4) is 0 Å². The van der Waals surface area contributed by atoms with E-state index in [1.54, 1.807) is 13.8 Å². The summed E-state index contributed by atoms with van der Waals surface area (Å²) in [4.78, 5) is 114. The Bertz CT molecular complexity index is 2360. The van der Waals surface area contributed by atoms with Crippen LogP contribution in [-0.2, 0) is 70.5 Å². The number of H-pyrrole nitrogens is 2. The van der Waals surface area contributed by atoms with Gasteiger partial charge in [-0.25, -0.2) is 0 Å². The van der Waals surface area contributed by atoms with Gasteiger partial charge < -0.3 is 50.8 Å². The summed E-state index contributed by atoms with van der Waals surface area (Å²) in [5.74, 6) is -11.8. The van der Waals surface area contributed by atoms with Crippen LogP contribution in [0.3, 0.4) is 0 Å². The molecular weight excluding hydrogens is 816 g/mol. The van der Waals surface area contributed by atoms with E-state index in [0.717, 1.165) is 0 Å². The largest absolute Gasteiger partial charge is 0.481 e. The summed E-state index contributed by atoms with van der Waals surface area (Å²) in [7, 11) is 0. The van der Waals surface area contributed by atoms with E-state index in [1.165, 1.54) is 12.2 Å². The SMILES string of the molecule is C[C@@]1(CC(=O)O)C2=Cc3[nH]c(c(CCC(=O)O)c3CC(=O)O)Cc3[nH]c(c(CC(=O)O)c3CCC(=O)O)C=C3N=C(CC(=N2)[C@H]1CCC(=O)O)[C@@](C)(CC(=O)O)[C@@H]3CCC(=O)O. The molecule has 0 unspecified atom stereocenters. The minimum Gasteiger partial charge on any atom is -0.481 e. The van der Waals surface area contributed by atoms with E-state index in [4.69, 9.17) is 9.98 Å². The smallest absolute Gasteiger partial charge is 0.307 e. The highest BCUT2D eigenvalue weighted by atomic mass is 16.4. The monoisotopic (exact) mass is 864 g/mol. The number of fused-ring (bicyclic) bond motifs is 6. The van der Waals surface area contributed by atoms with E-state index in [0.29, 0.717) is 0 Å². The Kier molecular flexibility index (Phi) is 13.7. The Morgan fingerprint density at radius 2 is 1.00 bits per heavy atom. The lowest BCUT2D eigenvalue weighted by Gasteiger charge is -2.34. The van der Waals surface area contributed by atoms with Crippen molar-refractivity contribution >= 4 is 71.3 Å². The van der Waals surface area contributed by atoms with Crippen molar-refractivity contribution in [1.82, 2.24) is 9.97 Å². The molecule has 2 aromatic rings. The van der Waals surface area contributed by atoms with E-state index < -0.39 is 122 Å². The first-order chi connectivity index (χ1) is 29.0. The highest BCUT2D eigenvalue weighted by Crippen LogP contribution is 2.53. The van der Waals surface area contributed by atoms with Crippen molar-refractivity contribution < 1.29 is 79.2 Å². The number of rotatable bonds is 20. The highest BCUT2D eigenvalue weighted by Gasteiger charge is 2.52. The minimum absolute atomic E-state index is 0.103. The lowest BCUT2D eigenvalue weighted by molar-refractivity contribution is -0.140. The van der Waals surface area contributed by atoms with Gasteiger partial charge in [-0.3, -0.25) is 48.3 Å². The molecule has 10 N–H and O–H groups in total. The van der Waals surface area contributed by atoms with Crippen LogP contribution in [0.1, 0.15) is 117 Å². The Balaban J connectivity index is 1.94. The highest BCUT2D eigenvalue weighted by molar-refractivity contribution is 6.12. The summed E-state index contributed by atoms with van der Waals surface area (Å²) in [6.07, 6.45) is -2.32. The average molecular weight is 865 g/mol. The molecular formula is C42H48N4O16. The fraction of sp³-hybridized carbons (Fsp3) is 0.476. The van der Waals surface area contributed by atoms with Crippen LogP contribution in [0, 0.1) is 22.7 Å². The quantitative estimate of drug-likeness (QED) is 0.0894. The maximum Gasteiger partial charge on any atom is 0.307 e. The minimum atomic E-state index is -1.45. The molecule has 0 spiro atoms. The number of carbonyl (C=O) groups is 8. The number of aromatic amines is 2. The first-order valence-corrected chi connectivity index (χ1v) is 19.8. The molecule has 0 radical (unpaired) electrons. The van der Waals surface area contributed by atoms with Crippen molar-refractivity contribution in [2.75, 3.05) is 0 Å². The van der Waals surface area contributed by atoms with Gasteiger partial charge in [0.2, 0.25) is 0 Å². The van der Waals surface area contributed by atoms with Gasteiger partial charge in [-0.05, 0) is 60.1 Å². The fourth-order valence-corrected chi connectivity index (χ4v) is 9.36. The van der Waals surface area contributed by atoms with Gasteiger partial charge in [0.25, 0.3) is 0 Å². The molecule has 20 nitrogen and oxygen atoms in total. The Morgan fingerprint density at radius 3 is 1.45 bits per heavy atom. The number of allylic oxidation sites excluding steroid dienone is 2. The molecule has 3 aliphatic heterocycles. The fourth-order valence-electron chi connectivity index (χ4n) is 9.36. The van der Waals surface area contributed by atoms with Crippen LogP contribution in [0.4, 0.5) is 0 Å². The van der Waals surface area contributed by atoms with E-state index >= 15 is 0 Å². The van der Waals surface area contributed by atoms with E-state index in [-0.39, 0.29) is 106 Å². The number of hydrogen-bond donors (Lipinski definition) is 10. The van der Waals surface area contributed by atoms with Gasteiger partial charge in [-0.15, -0.1) is 0 Å². The molecule has 3 aliphatic rings. The Labute approximate surface area is 352 Å². The third-order valence-electron chi connectivity index (χ3n) is 12.2. The van der Waals surface area contributed by atoms with Crippen LogP contribution in [0.2, 0.25) is 0 Å². The van der Waals surface area contributed by atoms with Gasteiger partial charge in [0.1, 0.15) is 0 Å². The molecule has 5 heterocycles. The van der Waals surface area contributed by atoms with Crippen LogP contribution in [0.25, 0.3) is 12.2 Å². The predicted octanol–water partition coefficient (Wildman–Crippen LogP) is 4.14. The summed E-state index contributed by atoms with van der Waals surface area (Å²) in [6.45, 7) is 3.16. The number of aliphatic carboxylic acids is 8. The first kappa shape index (κ1) is 46.2. The zero-order valence-corrected chi connectivity index (χ0v) is 33.9. The Morgan fingerprint density at radius 1 is 0.548 bits per heavy atom. The second-order valence-electron chi connectivity index (χ2n) is 16.4. The van der Waals surface area contributed by atoms with Crippen LogP contribution in [0.5, 0.6) is 0 Å². The van der Waals surface area contributed by atoms with Gasteiger partial charge >= 0.3 is 47.8 Å². The van der Waals surface area contributed by atoms with E-state index in [9.17, 15) is 79.2 Å². The molecule has 8 bridgehead atoms. The number of hydrogen-bond acceptors (Lipinski definition) is 10. The summed E-state index contributed by atoms with van der Waals surface area (Å²) in [5.41, 5.74) is -0.494. The normalized spacial score (nSPS) is 21.6. The lowest BCUT2D eigenvalue weighted by Crippen LogP contribution is -2.38. The van der Waals surface area contributed by atoms with E-state index in [1.807, 2.05) is 0 Å². The molecule has 4 atom stereocenters. The van der Waals surface area contributed by atoms with Crippen LogP contribution in [0.15, 0.2) is 21.4 Å². The number of aliphatic imine (C=N–C) groups is 2. The van der Waals surface area contributed by atoms with E-state index in [2.05, 4.69) is 9.97 Å². The number of nitrogens with zero attached hydrogens (tertiary/aromatic N) is 2. The lowest BCUT2D eigenvalue weighted by atomic mass is 9.66. The summed E-state index contributed by atoms with van der Waals surface area (Å²) < 4.78 is 0. The average Bonchev–Trinajstić information content (AvgIpc) is 3.77. The molecule has 62 heavy (non-hydrogen) atoms. The molecule has 332 valence electrons. The van der Waals surface area contributed by atoms with Crippen molar-refractivity contribution in [2.45, 2.75) is 104 Å². The van der Waals surface area contributed by atoms with Crippen molar-refractivity contribution in [2.24, 2.45) is 32.7 Å². The van der Waals surface area contributed by atoms with Gasteiger partial charge in [-0.1, -0.05) is 13.8 Å². The molecule has 2 aromatic heterocycles. The van der Waals surface area contributed by atoms with Crippen molar-refractivity contribution in [1.29, 1.82) is 0 Å². The van der Waals surface area contributed by atoms with Gasteiger partial charge in [0, 0.05) is 107 Å². The van der Waals surface area contributed by atoms with Crippen LogP contribution >= 0.6 is 0 Å². The third kappa shape index (κ3) is 10.2. The van der Waals surface area contributed by atoms with Crippen molar-refractivity contribution in [3.05, 3.63) is 56.4 Å². The summed E-state index contributed by atoms with van der Waals surface area (Å²) >= 11 is 0. The molecule has 0 saturated heterocycles. The van der Waals surface area contributed by atoms with Crippen molar-refractivity contribution in [3.63, 3.8) is 0 Å². The molecule has 5 rings (SSSR count). The van der Waals surface area contributed by atoms with Crippen LogP contribution < -0.4 is 0 Å². The molecule has 0 aliphatic carbocycles. The maximum atomic E-state index is 12.6.